The van der Waals surface area contributed by atoms with Crippen LogP contribution in [-0.4, -0.2) is 33.3 Å². The summed E-state index contributed by atoms with van der Waals surface area (Å²) in [7, 11) is 0. The number of H-pyrrole nitrogens is 1. The molecule has 33 heavy (non-hydrogen) atoms. The van der Waals surface area contributed by atoms with Crippen molar-refractivity contribution in [2.75, 3.05) is 23.3 Å². The van der Waals surface area contributed by atoms with Gasteiger partial charge in [0.1, 0.15) is 11.6 Å². The van der Waals surface area contributed by atoms with Crippen molar-refractivity contribution >= 4 is 40.0 Å². The second-order valence-corrected chi connectivity index (χ2v) is 10.4. The number of rotatable bonds is 7. The van der Waals surface area contributed by atoms with Crippen LogP contribution < -0.4 is 10.2 Å². The fourth-order valence-corrected chi connectivity index (χ4v) is 5.24. The highest BCUT2D eigenvalue weighted by molar-refractivity contribution is 7.99. The van der Waals surface area contributed by atoms with Crippen LogP contribution in [0.3, 0.4) is 0 Å². The molecule has 0 spiro atoms. The molecule has 1 aliphatic rings. The van der Waals surface area contributed by atoms with Crippen molar-refractivity contribution < 1.29 is 0 Å². The minimum Gasteiger partial charge on any atom is -0.355 e. The third-order valence-corrected chi connectivity index (χ3v) is 7.67. The van der Waals surface area contributed by atoms with Gasteiger partial charge in [-0.2, -0.15) is 5.10 Å². The zero-order chi connectivity index (χ0) is 23.0. The Kier molecular flexibility index (Phi) is 5.74. The van der Waals surface area contributed by atoms with Gasteiger partial charge < -0.3 is 10.2 Å². The molecule has 6 nitrogen and oxygen atoms in total. The first-order chi connectivity index (χ1) is 15.9. The molecule has 7 heteroatoms. The zero-order valence-corrected chi connectivity index (χ0v) is 20.4. The lowest BCUT2D eigenvalue weighted by molar-refractivity contribution is 0.142. The molecular formula is C26H30N6S. The number of aromatic nitrogens is 4. The first-order valence-corrected chi connectivity index (χ1v) is 12.3. The number of hydrogen-bond acceptors (Lipinski definition) is 6. The SMILES string of the molecule is CCC(C)C1(C)CN(c2cc(Nc3cc(C)[nH]n3)nc(Sc3ccc4ccccc4c3)n2)C1. The molecule has 1 atom stereocenters. The van der Waals surface area contributed by atoms with Crippen LogP contribution in [0.2, 0.25) is 0 Å². The maximum atomic E-state index is 4.94. The normalized spacial score (nSPS) is 15.9. The van der Waals surface area contributed by atoms with E-state index in [0.717, 1.165) is 46.3 Å². The lowest BCUT2D eigenvalue weighted by Gasteiger charge is -2.52. The molecule has 1 unspecified atom stereocenters. The summed E-state index contributed by atoms with van der Waals surface area (Å²) in [6.07, 6.45) is 1.20. The average Bonchev–Trinajstić information content (AvgIpc) is 3.20. The minimum atomic E-state index is 0.332. The van der Waals surface area contributed by atoms with E-state index in [9.17, 15) is 0 Å². The van der Waals surface area contributed by atoms with Gasteiger partial charge in [-0.1, -0.05) is 57.5 Å². The van der Waals surface area contributed by atoms with E-state index in [2.05, 4.69) is 83.6 Å². The van der Waals surface area contributed by atoms with Crippen LogP contribution in [0.5, 0.6) is 0 Å². The number of benzene rings is 2. The van der Waals surface area contributed by atoms with Gasteiger partial charge in [0, 0.05) is 41.2 Å². The molecule has 2 N–H and O–H groups in total. The van der Waals surface area contributed by atoms with Gasteiger partial charge in [0.05, 0.1) is 0 Å². The maximum absolute atomic E-state index is 4.94. The highest BCUT2D eigenvalue weighted by Crippen LogP contribution is 2.42. The summed E-state index contributed by atoms with van der Waals surface area (Å²) >= 11 is 1.59. The number of nitrogens with one attached hydrogen (secondary N) is 2. The summed E-state index contributed by atoms with van der Waals surface area (Å²) in [5.41, 5.74) is 1.34. The van der Waals surface area contributed by atoms with Crippen LogP contribution in [0.1, 0.15) is 32.9 Å². The average molecular weight is 459 g/mol. The lowest BCUT2D eigenvalue weighted by atomic mass is 9.71. The Morgan fingerprint density at radius 1 is 1.06 bits per heavy atom. The second-order valence-electron chi connectivity index (χ2n) is 9.39. The third kappa shape index (κ3) is 4.55. The maximum Gasteiger partial charge on any atom is 0.196 e. The Balaban J connectivity index is 1.44. The van der Waals surface area contributed by atoms with Crippen LogP contribution in [0, 0.1) is 18.3 Å². The molecule has 1 fully saturated rings. The van der Waals surface area contributed by atoms with Gasteiger partial charge >= 0.3 is 0 Å². The molecule has 0 aliphatic carbocycles. The number of aromatic amines is 1. The van der Waals surface area contributed by atoms with Crippen molar-refractivity contribution in [3.05, 3.63) is 60.3 Å². The van der Waals surface area contributed by atoms with Crippen LogP contribution in [0.15, 0.2) is 64.6 Å². The molecule has 0 saturated carbocycles. The fourth-order valence-electron chi connectivity index (χ4n) is 4.43. The van der Waals surface area contributed by atoms with E-state index in [1.165, 1.54) is 17.2 Å². The van der Waals surface area contributed by atoms with Gasteiger partial charge in [-0.3, -0.25) is 5.10 Å². The predicted octanol–water partition coefficient (Wildman–Crippen LogP) is 6.43. The largest absolute Gasteiger partial charge is 0.355 e. The van der Waals surface area contributed by atoms with Gasteiger partial charge in [-0.05, 0) is 47.5 Å². The molecule has 170 valence electrons. The molecule has 1 saturated heterocycles. The molecule has 0 amide bonds. The summed E-state index contributed by atoms with van der Waals surface area (Å²) in [5.74, 6) is 3.16. The van der Waals surface area contributed by atoms with Crippen molar-refractivity contribution in [3.8, 4) is 0 Å². The molecule has 5 rings (SSSR count). The minimum absolute atomic E-state index is 0.332. The molecule has 2 aromatic heterocycles. The second kappa shape index (κ2) is 8.71. The Morgan fingerprint density at radius 3 is 2.58 bits per heavy atom. The molecule has 1 aliphatic heterocycles. The van der Waals surface area contributed by atoms with Crippen molar-refractivity contribution in [2.24, 2.45) is 11.3 Å². The van der Waals surface area contributed by atoms with E-state index in [-0.39, 0.29) is 0 Å². The van der Waals surface area contributed by atoms with Gasteiger partial charge in [0.25, 0.3) is 0 Å². The van der Waals surface area contributed by atoms with Gasteiger partial charge in [0.15, 0.2) is 11.0 Å². The van der Waals surface area contributed by atoms with E-state index in [0.29, 0.717) is 11.3 Å². The van der Waals surface area contributed by atoms with E-state index in [1.807, 2.05) is 19.1 Å². The van der Waals surface area contributed by atoms with E-state index < -0.39 is 0 Å². The number of hydrogen-bond donors (Lipinski definition) is 2. The summed E-state index contributed by atoms with van der Waals surface area (Å²) in [6.45, 7) is 11.0. The van der Waals surface area contributed by atoms with Crippen molar-refractivity contribution in [1.29, 1.82) is 0 Å². The van der Waals surface area contributed by atoms with Crippen LogP contribution in [0.25, 0.3) is 10.8 Å². The number of anilines is 3. The molecular weight excluding hydrogens is 428 g/mol. The van der Waals surface area contributed by atoms with E-state index >= 15 is 0 Å². The predicted molar refractivity (Wildman–Crippen MR) is 136 cm³/mol. The highest BCUT2D eigenvalue weighted by atomic mass is 32.2. The fraction of sp³-hybridized carbons (Fsp3) is 0.346. The molecule has 3 heterocycles. The van der Waals surface area contributed by atoms with Crippen LogP contribution in [-0.2, 0) is 0 Å². The van der Waals surface area contributed by atoms with Crippen molar-refractivity contribution in [3.63, 3.8) is 0 Å². The van der Waals surface area contributed by atoms with E-state index in [4.69, 9.17) is 9.97 Å². The Bertz CT molecular complexity index is 1280. The lowest BCUT2D eigenvalue weighted by Crippen LogP contribution is -2.58. The Hall–Kier alpha value is -3.06. The van der Waals surface area contributed by atoms with E-state index in [1.54, 1.807) is 11.8 Å². The number of fused-ring (bicyclic) bond motifs is 1. The standard InChI is InChI=1S/C26H30N6S/c1-5-17(2)26(4)15-32(16-26)24-14-22(27-23-12-18(3)30-31-23)28-25(29-24)33-21-11-10-19-8-6-7-9-20(19)13-21/h6-14,17H,5,15-16H2,1-4H3,(H2,27,28,29,30,31). The first kappa shape index (κ1) is 21.8. The van der Waals surface area contributed by atoms with Gasteiger partial charge in [0.2, 0.25) is 0 Å². The summed E-state index contributed by atoms with van der Waals surface area (Å²) in [4.78, 5) is 13.2. The Morgan fingerprint density at radius 2 is 1.85 bits per heavy atom. The van der Waals surface area contributed by atoms with Crippen molar-refractivity contribution in [1.82, 2.24) is 20.2 Å². The van der Waals surface area contributed by atoms with Gasteiger partial charge in [-0.15, -0.1) is 0 Å². The zero-order valence-electron chi connectivity index (χ0n) is 19.6. The molecule has 2 aromatic carbocycles. The Labute approximate surface area is 199 Å². The van der Waals surface area contributed by atoms with Crippen LogP contribution >= 0.6 is 11.8 Å². The first-order valence-electron chi connectivity index (χ1n) is 11.5. The monoisotopic (exact) mass is 458 g/mol. The highest BCUT2D eigenvalue weighted by Gasteiger charge is 2.43. The number of aryl methyl sites for hydroxylation is 1. The molecule has 0 radical (unpaired) electrons. The summed E-state index contributed by atoms with van der Waals surface area (Å²) < 4.78 is 0. The quantitative estimate of drug-likeness (QED) is 0.311. The van der Waals surface area contributed by atoms with Crippen molar-refractivity contribution in [2.45, 2.75) is 44.2 Å². The molecule has 0 bridgehead atoms. The topological polar surface area (TPSA) is 69.7 Å². The smallest absolute Gasteiger partial charge is 0.196 e. The molecule has 4 aromatic rings. The summed E-state index contributed by atoms with van der Waals surface area (Å²) in [5, 5.41) is 13.8. The summed E-state index contributed by atoms with van der Waals surface area (Å²) in [6, 6.07) is 18.9. The van der Waals surface area contributed by atoms with Crippen LogP contribution in [0.4, 0.5) is 17.5 Å². The number of nitrogens with zero attached hydrogens (tertiary/aromatic N) is 4. The van der Waals surface area contributed by atoms with Gasteiger partial charge in [-0.25, -0.2) is 9.97 Å². The third-order valence-electron chi connectivity index (χ3n) is 6.81.